The highest BCUT2D eigenvalue weighted by Crippen LogP contribution is 2.49. The predicted octanol–water partition coefficient (Wildman–Crippen LogP) is 5.04. The molecule has 8 nitrogen and oxygen atoms in total. The van der Waals surface area contributed by atoms with Gasteiger partial charge in [0, 0.05) is 0 Å². The third-order valence-corrected chi connectivity index (χ3v) is 7.13. The summed E-state index contributed by atoms with van der Waals surface area (Å²) in [7, 11) is -3.73. The van der Waals surface area contributed by atoms with E-state index < -0.39 is 34.2 Å². The normalized spacial score (nSPS) is 20.7. The van der Waals surface area contributed by atoms with Gasteiger partial charge in [0.2, 0.25) is 0 Å². The molecule has 0 bridgehead atoms. The van der Waals surface area contributed by atoms with Crippen LogP contribution in [0.4, 0.5) is 24.5 Å². The van der Waals surface area contributed by atoms with Crippen molar-refractivity contribution in [2.75, 3.05) is 11.5 Å². The smallest absolute Gasteiger partial charge is 0.497 e. The summed E-state index contributed by atoms with van der Waals surface area (Å²) in [6.07, 6.45) is -4.72. The molecule has 2 aliphatic rings. The first kappa shape index (κ1) is 24.0. The molecule has 5 rings (SSSR count). The minimum atomic E-state index is -4.87. The van der Waals surface area contributed by atoms with E-state index in [2.05, 4.69) is 9.46 Å². The number of halogens is 3. The predicted molar refractivity (Wildman–Crippen MR) is 124 cm³/mol. The third kappa shape index (κ3) is 4.70. The van der Waals surface area contributed by atoms with Gasteiger partial charge in [-0.15, -0.1) is 13.2 Å². The standard InChI is InChI=1S/C24H20F3N3O5S/c25-24(26,27)35-15-9-11-16(12-10-15)36(28,32)29-17-13-33-14-20(23(17)31)30-18-5-1-3-7-21(18)34-22-8-4-2-6-19(22)30/h1-12,14,17,23,31H,13H2,(H2,28,29,32)/t17-,23+,36?/m0/s1. The summed E-state index contributed by atoms with van der Waals surface area (Å²) in [6, 6.07) is 17.6. The fourth-order valence-electron chi connectivity index (χ4n) is 3.98. The molecular weight excluding hydrogens is 499 g/mol. The van der Waals surface area contributed by atoms with Crippen molar-refractivity contribution >= 4 is 21.3 Å². The summed E-state index contributed by atoms with van der Waals surface area (Å²) in [5, 5.41) is 11.3. The molecule has 3 aromatic carbocycles. The number of fused-ring (bicyclic) bond motifs is 2. The lowest BCUT2D eigenvalue weighted by atomic mass is 10.0. The second kappa shape index (κ2) is 9.04. The molecule has 0 fully saturated rings. The van der Waals surface area contributed by atoms with Gasteiger partial charge in [-0.25, -0.2) is 13.7 Å². The Balaban J connectivity index is 1.41. The molecule has 3 N–H and O–H groups in total. The number of aliphatic hydroxyl groups is 1. The first-order valence-corrected chi connectivity index (χ1v) is 12.3. The maximum Gasteiger partial charge on any atom is 0.573 e. The minimum Gasteiger partial charge on any atom is -0.497 e. The molecule has 0 aliphatic carbocycles. The van der Waals surface area contributed by atoms with Gasteiger partial charge in [-0.1, -0.05) is 24.3 Å². The molecular formula is C24H20F3N3O5S. The summed E-state index contributed by atoms with van der Waals surface area (Å²) < 4.78 is 76.7. The molecule has 3 atom stereocenters. The van der Waals surface area contributed by atoms with E-state index in [-0.39, 0.29) is 11.5 Å². The van der Waals surface area contributed by atoms with Crippen molar-refractivity contribution in [3.63, 3.8) is 0 Å². The SMILES string of the molecule is N=S(=O)(N[C@H]1COC=C(N2c3ccccc3Oc3ccccc32)[C@@H]1O)c1ccc(OC(F)(F)F)cc1. The van der Waals surface area contributed by atoms with Crippen LogP contribution in [0, 0.1) is 4.78 Å². The summed E-state index contributed by atoms with van der Waals surface area (Å²) >= 11 is 0. The number of nitrogens with zero attached hydrogens (tertiary/aromatic N) is 1. The Kier molecular flexibility index (Phi) is 6.02. The molecule has 2 heterocycles. The summed E-state index contributed by atoms with van der Waals surface area (Å²) in [5.74, 6) is 0.618. The van der Waals surface area contributed by atoms with Crippen molar-refractivity contribution in [1.82, 2.24) is 4.72 Å². The van der Waals surface area contributed by atoms with E-state index in [1.165, 1.54) is 6.26 Å². The number of aliphatic hydroxyl groups excluding tert-OH is 1. The van der Waals surface area contributed by atoms with Crippen molar-refractivity contribution in [2.24, 2.45) is 0 Å². The average Bonchev–Trinajstić information content (AvgIpc) is 2.83. The molecule has 12 heteroatoms. The lowest BCUT2D eigenvalue weighted by Crippen LogP contribution is -2.50. The zero-order valence-electron chi connectivity index (χ0n) is 18.4. The van der Waals surface area contributed by atoms with Gasteiger partial charge in [-0.2, -0.15) is 0 Å². The van der Waals surface area contributed by atoms with Crippen LogP contribution in [0.1, 0.15) is 0 Å². The highest BCUT2D eigenvalue weighted by atomic mass is 32.2. The summed E-state index contributed by atoms with van der Waals surface area (Å²) in [6.45, 7) is -0.0938. The van der Waals surface area contributed by atoms with E-state index in [4.69, 9.17) is 14.3 Å². The average molecular weight is 520 g/mol. The molecule has 0 amide bonds. The van der Waals surface area contributed by atoms with Crippen LogP contribution in [0.3, 0.4) is 0 Å². The van der Waals surface area contributed by atoms with Crippen LogP contribution in [-0.4, -0.2) is 34.4 Å². The minimum absolute atomic E-state index is 0.0811. The van der Waals surface area contributed by atoms with Gasteiger partial charge in [0.1, 0.15) is 34.6 Å². The van der Waals surface area contributed by atoms with E-state index in [0.717, 1.165) is 24.3 Å². The Bertz CT molecular complexity index is 1370. The fourth-order valence-corrected chi connectivity index (χ4v) is 5.26. The Morgan fingerprint density at radius 1 is 1.00 bits per heavy atom. The van der Waals surface area contributed by atoms with Gasteiger partial charge in [0.25, 0.3) is 0 Å². The van der Waals surface area contributed by atoms with E-state index in [1.54, 1.807) is 17.0 Å². The summed E-state index contributed by atoms with van der Waals surface area (Å²) in [4.78, 5) is 1.68. The van der Waals surface area contributed by atoms with Gasteiger partial charge in [0.15, 0.2) is 11.5 Å². The number of ether oxygens (including phenoxy) is 3. The fraction of sp³-hybridized carbons (Fsp3) is 0.167. The van der Waals surface area contributed by atoms with E-state index in [1.807, 2.05) is 36.4 Å². The zero-order chi connectivity index (χ0) is 25.5. The summed E-state index contributed by atoms with van der Waals surface area (Å²) in [5.41, 5.74) is 1.63. The highest BCUT2D eigenvalue weighted by molar-refractivity contribution is 7.90. The molecule has 0 saturated heterocycles. The lowest BCUT2D eigenvalue weighted by Gasteiger charge is -2.39. The quantitative estimate of drug-likeness (QED) is 0.436. The highest BCUT2D eigenvalue weighted by Gasteiger charge is 2.37. The van der Waals surface area contributed by atoms with Crippen molar-refractivity contribution in [1.29, 1.82) is 4.78 Å². The number of alkyl halides is 3. The topological polar surface area (TPSA) is 104 Å². The van der Waals surface area contributed by atoms with Gasteiger partial charge in [0.05, 0.1) is 28.0 Å². The number of benzene rings is 3. The van der Waals surface area contributed by atoms with E-state index in [0.29, 0.717) is 28.6 Å². The van der Waals surface area contributed by atoms with Crippen LogP contribution < -0.4 is 19.1 Å². The van der Waals surface area contributed by atoms with E-state index >= 15 is 0 Å². The molecule has 0 saturated carbocycles. The second-order valence-electron chi connectivity index (χ2n) is 7.99. The molecule has 2 aliphatic heterocycles. The number of para-hydroxylation sites is 4. The third-order valence-electron chi connectivity index (χ3n) is 5.56. The molecule has 0 radical (unpaired) electrons. The maximum absolute atomic E-state index is 13.2. The maximum atomic E-state index is 13.2. The molecule has 0 spiro atoms. The lowest BCUT2D eigenvalue weighted by molar-refractivity contribution is -0.274. The molecule has 3 aromatic rings. The van der Waals surface area contributed by atoms with Crippen molar-refractivity contribution in [3.05, 3.63) is 84.8 Å². The Morgan fingerprint density at radius 2 is 1.58 bits per heavy atom. The van der Waals surface area contributed by atoms with Gasteiger partial charge < -0.3 is 24.2 Å². The van der Waals surface area contributed by atoms with Crippen molar-refractivity contribution in [3.8, 4) is 17.2 Å². The van der Waals surface area contributed by atoms with Crippen LogP contribution in [0.5, 0.6) is 17.2 Å². The van der Waals surface area contributed by atoms with Crippen LogP contribution in [0.2, 0.25) is 0 Å². The number of anilines is 2. The molecule has 1 unspecified atom stereocenters. The number of rotatable bonds is 5. The zero-order valence-corrected chi connectivity index (χ0v) is 19.3. The largest absolute Gasteiger partial charge is 0.573 e. The first-order valence-electron chi connectivity index (χ1n) is 10.7. The Labute approximate surface area is 204 Å². The first-order chi connectivity index (χ1) is 17.1. The Morgan fingerprint density at radius 3 is 2.17 bits per heavy atom. The van der Waals surface area contributed by atoms with Crippen LogP contribution >= 0.6 is 0 Å². The van der Waals surface area contributed by atoms with E-state index in [9.17, 15) is 22.5 Å². The van der Waals surface area contributed by atoms with Gasteiger partial charge in [-0.05, 0) is 48.5 Å². The number of hydrogen-bond acceptors (Lipinski definition) is 7. The molecule has 0 aromatic heterocycles. The second-order valence-corrected chi connectivity index (χ2v) is 9.81. The van der Waals surface area contributed by atoms with Crippen LogP contribution in [-0.2, 0) is 14.7 Å². The number of hydrogen-bond donors (Lipinski definition) is 3. The van der Waals surface area contributed by atoms with Gasteiger partial charge in [-0.3, -0.25) is 0 Å². The molecule has 36 heavy (non-hydrogen) atoms. The van der Waals surface area contributed by atoms with Crippen molar-refractivity contribution in [2.45, 2.75) is 23.4 Å². The monoisotopic (exact) mass is 519 g/mol. The van der Waals surface area contributed by atoms with Crippen molar-refractivity contribution < 1.29 is 36.7 Å². The number of nitrogens with one attached hydrogen (secondary N) is 2. The Hall–Kier alpha value is -3.74. The van der Waals surface area contributed by atoms with Gasteiger partial charge >= 0.3 is 6.36 Å². The van der Waals surface area contributed by atoms with Crippen LogP contribution in [0.25, 0.3) is 0 Å². The van der Waals surface area contributed by atoms with Crippen LogP contribution in [0.15, 0.2) is 89.7 Å². The molecule has 188 valence electrons.